The van der Waals surface area contributed by atoms with Crippen LogP contribution in [0.2, 0.25) is 0 Å². The van der Waals surface area contributed by atoms with Crippen LogP contribution in [-0.4, -0.2) is 145 Å². The number of carbonyl (C=O) groups excluding carboxylic acids is 6. The van der Waals surface area contributed by atoms with Gasteiger partial charge in [0.25, 0.3) is 11.7 Å². The Labute approximate surface area is 461 Å². The third kappa shape index (κ3) is 18.0. The summed E-state index contributed by atoms with van der Waals surface area (Å²) >= 11 is 1.63. The molecule has 2 bridgehead atoms. The SMILES string of the molecule is COC1CC2CC[C@@H](C)[C@@](O)(O2)C(=O)C(=O)N2CCCC[C@H]2C(=O)OC(C(C)CC2CC[C@@H](OC(=O)NCCSc3ccccc3)C(OC)C2)CC(=O)C(C)/C=C(\C)[C@@H](O)C(OC)C(=O)[C@H](C)CC(C)\C=C/C=C/C=C/1C. The molecule has 0 aromatic heterocycles. The summed E-state index contributed by atoms with van der Waals surface area (Å²) in [6.07, 6.45) is 10.2. The number of ether oxygens (including phenoxy) is 6. The maximum atomic E-state index is 14.6. The number of cyclic esters (lactones) is 1. The molecule has 428 valence electrons. The number of fused-ring (bicyclic) bond motifs is 3. The molecular weight excluding hydrogens is 1000 g/mol. The van der Waals surface area contributed by atoms with Gasteiger partial charge < -0.3 is 48.9 Å². The average Bonchev–Trinajstić information content (AvgIpc) is 3.42. The Morgan fingerprint density at radius 2 is 1.61 bits per heavy atom. The molecule has 77 heavy (non-hydrogen) atoms. The van der Waals surface area contributed by atoms with Gasteiger partial charge in [-0.2, -0.15) is 0 Å². The van der Waals surface area contributed by atoms with Crippen LogP contribution in [0.15, 0.2) is 82.8 Å². The van der Waals surface area contributed by atoms with E-state index in [2.05, 4.69) is 5.32 Å². The van der Waals surface area contributed by atoms with Gasteiger partial charge in [0.1, 0.15) is 36.2 Å². The van der Waals surface area contributed by atoms with Crippen molar-refractivity contribution >= 4 is 47.1 Å². The fourth-order valence-electron chi connectivity index (χ4n) is 11.3. The van der Waals surface area contributed by atoms with Crippen molar-refractivity contribution in [2.75, 3.05) is 40.2 Å². The van der Waals surface area contributed by atoms with Gasteiger partial charge in [-0.05, 0) is 119 Å². The van der Waals surface area contributed by atoms with Crippen molar-refractivity contribution in [3.05, 3.63) is 77.9 Å². The number of aliphatic hydroxyl groups excluding tert-OH is 1. The summed E-state index contributed by atoms with van der Waals surface area (Å²) in [5, 5.41) is 26.4. The maximum absolute atomic E-state index is 14.6. The van der Waals surface area contributed by atoms with Crippen molar-refractivity contribution < 1.29 is 67.4 Å². The van der Waals surface area contributed by atoms with Crippen LogP contribution in [-0.2, 0) is 52.4 Å². The lowest BCUT2D eigenvalue weighted by atomic mass is 9.78. The highest BCUT2D eigenvalue weighted by Gasteiger charge is 2.53. The molecule has 1 aromatic carbocycles. The molecule has 5 rings (SSSR count). The summed E-state index contributed by atoms with van der Waals surface area (Å²) in [5.41, 5.74) is 1.24. The normalized spacial score (nSPS) is 35.8. The van der Waals surface area contributed by atoms with E-state index in [0.29, 0.717) is 82.1 Å². The third-order valence-corrected chi connectivity index (χ3v) is 17.1. The first-order valence-electron chi connectivity index (χ1n) is 27.8. The number of hydrogen-bond acceptors (Lipinski definition) is 15. The Bertz CT molecular complexity index is 2250. The van der Waals surface area contributed by atoms with E-state index < -0.39 is 102 Å². The van der Waals surface area contributed by atoms with Crippen LogP contribution < -0.4 is 5.32 Å². The quantitative estimate of drug-likeness (QED) is 0.0622. The zero-order valence-electron chi connectivity index (χ0n) is 47.2. The predicted octanol–water partition coefficient (Wildman–Crippen LogP) is 8.71. The van der Waals surface area contributed by atoms with E-state index >= 15 is 0 Å². The van der Waals surface area contributed by atoms with E-state index in [0.717, 1.165) is 10.5 Å². The highest BCUT2D eigenvalue weighted by molar-refractivity contribution is 7.99. The van der Waals surface area contributed by atoms with Gasteiger partial charge in [-0.3, -0.25) is 19.2 Å². The monoisotopic (exact) mass is 1090 g/mol. The molecule has 2 saturated heterocycles. The van der Waals surface area contributed by atoms with Gasteiger partial charge in [0.2, 0.25) is 5.79 Å². The van der Waals surface area contributed by atoms with Crippen molar-refractivity contribution in [1.82, 2.24) is 10.2 Å². The second-order valence-corrected chi connectivity index (χ2v) is 23.2. The summed E-state index contributed by atoms with van der Waals surface area (Å²) in [6.45, 7) is 13.1. The van der Waals surface area contributed by atoms with Crippen LogP contribution in [0.25, 0.3) is 0 Å². The molecule has 3 N–H and O–H groups in total. The Kier molecular flexibility index (Phi) is 25.3. The van der Waals surface area contributed by atoms with Crippen LogP contribution >= 0.6 is 11.8 Å². The molecule has 2 amide bonds. The Hall–Kier alpha value is -4.49. The summed E-state index contributed by atoms with van der Waals surface area (Å²) < 4.78 is 35.8. The van der Waals surface area contributed by atoms with Gasteiger partial charge in [-0.25, -0.2) is 9.59 Å². The van der Waals surface area contributed by atoms with Gasteiger partial charge in [0, 0.05) is 75.7 Å². The number of alkyl carbamates (subject to hydrolysis) is 1. The minimum absolute atomic E-state index is 0.00319. The van der Waals surface area contributed by atoms with Crippen molar-refractivity contribution in [3.8, 4) is 0 Å². The number of rotatable bonds is 11. The number of esters is 1. The lowest BCUT2D eigenvalue weighted by Gasteiger charge is -2.42. The number of hydrogen-bond donors (Lipinski definition) is 3. The highest BCUT2D eigenvalue weighted by Crippen LogP contribution is 2.38. The average molecular weight is 1090 g/mol. The lowest BCUT2D eigenvalue weighted by molar-refractivity contribution is -0.265. The van der Waals surface area contributed by atoms with Crippen LogP contribution in [0.4, 0.5) is 4.79 Å². The van der Waals surface area contributed by atoms with Crippen LogP contribution in [0.1, 0.15) is 126 Å². The molecule has 15 atom stereocenters. The minimum Gasteiger partial charge on any atom is -0.460 e. The first-order chi connectivity index (χ1) is 36.7. The predicted molar refractivity (Wildman–Crippen MR) is 295 cm³/mol. The number of aliphatic hydroxyl groups is 2. The van der Waals surface area contributed by atoms with Crippen molar-refractivity contribution in [2.24, 2.45) is 35.5 Å². The van der Waals surface area contributed by atoms with E-state index in [1.54, 1.807) is 52.8 Å². The second kappa shape index (κ2) is 30.8. The van der Waals surface area contributed by atoms with Crippen molar-refractivity contribution in [3.63, 3.8) is 0 Å². The summed E-state index contributed by atoms with van der Waals surface area (Å²) in [6, 6.07) is 8.74. The second-order valence-electron chi connectivity index (χ2n) is 22.1. The Morgan fingerprint density at radius 3 is 2.31 bits per heavy atom. The minimum atomic E-state index is -2.45. The molecule has 16 nitrogen and oxygen atoms in total. The maximum Gasteiger partial charge on any atom is 0.407 e. The number of benzene rings is 1. The molecule has 1 saturated carbocycles. The molecule has 9 unspecified atom stereocenters. The fraction of sp³-hybridized carbons (Fsp3) is 0.667. The molecule has 1 aromatic rings. The van der Waals surface area contributed by atoms with Crippen LogP contribution in [0.3, 0.4) is 0 Å². The van der Waals surface area contributed by atoms with Gasteiger partial charge in [0.05, 0.1) is 18.3 Å². The zero-order chi connectivity index (χ0) is 56.4. The number of allylic oxidation sites excluding steroid dienone is 6. The van der Waals surface area contributed by atoms with E-state index in [4.69, 9.17) is 28.4 Å². The molecule has 3 heterocycles. The number of ketones is 3. The number of carbonyl (C=O) groups is 6. The number of piperidine rings is 1. The van der Waals surface area contributed by atoms with Gasteiger partial charge in [-0.1, -0.05) is 89.3 Å². The van der Waals surface area contributed by atoms with Gasteiger partial charge in [0.15, 0.2) is 5.78 Å². The first-order valence-corrected chi connectivity index (χ1v) is 28.8. The fourth-order valence-corrected chi connectivity index (χ4v) is 12.0. The number of nitrogens with one attached hydrogen (secondary N) is 1. The number of thioether (sulfide) groups is 1. The highest BCUT2D eigenvalue weighted by atomic mass is 32.2. The van der Waals surface area contributed by atoms with Gasteiger partial charge in [-0.15, -0.1) is 11.8 Å². The van der Waals surface area contributed by atoms with E-state index in [1.165, 1.54) is 12.0 Å². The molecule has 3 aliphatic heterocycles. The summed E-state index contributed by atoms with van der Waals surface area (Å²) in [5.74, 6) is -7.63. The molecule has 0 spiro atoms. The number of nitrogens with zero attached hydrogens (tertiary/aromatic N) is 1. The van der Waals surface area contributed by atoms with Gasteiger partial charge >= 0.3 is 12.1 Å². The summed E-state index contributed by atoms with van der Waals surface area (Å²) in [4.78, 5) is 86.7. The largest absolute Gasteiger partial charge is 0.460 e. The van der Waals surface area contributed by atoms with E-state index in [9.17, 15) is 39.0 Å². The van der Waals surface area contributed by atoms with Crippen LogP contribution in [0.5, 0.6) is 0 Å². The molecule has 17 heteroatoms. The van der Waals surface area contributed by atoms with Crippen molar-refractivity contribution in [2.45, 2.75) is 185 Å². The van der Waals surface area contributed by atoms with E-state index in [-0.39, 0.29) is 42.8 Å². The number of amides is 2. The molecule has 0 radical (unpaired) electrons. The smallest absolute Gasteiger partial charge is 0.407 e. The van der Waals surface area contributed by atoms with Crippen molar-refractivity contribution in [1.29, 1.82) is 0 Å². The Balaban J connectivity index is 1.39. The number of methoxy groups -OCH3 is 3. The third-order valence-electron chi connectivity index (χ3n) is 16.1. The molecular formula is C60H88N2O14S. The van der Waals surface area contributed by atoms with E-state index in [1.807, 2.05) is 88.4 Å². The number of Topliss-reactive ketones (excluding diaryl/α,β-unsaturated/α-hetero) is 3. The lowest BCUT2D eigenvalue weighted by Crippen LogP contribution is -2.61. The zero-order valence-corrected chi connectivity index (χ0v) is 48.0. The molecule has 4 aliphatic rings. The first kappa shape index (κ1) is 63.3. The summed E-state index contributed by atoms with van der Waals surface area (Å²) in [7, 11) is 4.53. The topological polar surface area (TPSA) is 214 Å². The molecule has 1 aliphatic carbocycles. The van der Waals surface area contributed by atoms with Crippen LogP contribution in [0, 0.1) is 35.5 Å². The Morgan fingerprint density at radius 1 is 0.870 bits per heavy atom. The standard InChI is InChI=1S/C60H88N2O14S/c1-37-19-13-11-14-20-38(2)50(71-8)35-45-26-24-43(7)60(70,76-45)56(66)57(67)62-29-18-17-23-47(62)58(68)74-51(36-48(63)39(3)32-42(6)54(65)55(73-10)53(64)41(5)31-37)40(4)33-44-25-27-49(52(34-44)72-9)75-59(69)61-28-30-77-46-21-15-12-16-22-46/h11-16,19-22,32,37,39-41,43-45,47,49-52,54-55,65,70H,17-18,23-31,33-36H2,1-10H3,(H,61,69)/b14-11+,19-13-,38-20+,42-32+/t37?,39?,40?,41-,43-,44?,45?,47+,49-,50?,51?,52?,54-,55?,60-/m1/s1. The molecule has 3 fully saturated rings.